The molecule has 0 spiro atoms. The van der Waals surface area contributed by atoms with Gasteiger partial charge in [0, 0.05) is 29.2 Å². The average molecular weight is 324 g/mol. The summed E-state index contributed by atoms with van der Waals surface area (Å²) in [6.07, 6.45) is 11.3. The van der Waals surface area contributed by atoms with Gasteiger partial charge >= 0.3 is 0 Å². The molecule has 0 atom stereocenters. The molecule has 0 bridgehead atoms. The van der Waals surface area contributed by atoms with E-state index in [0.717, 1.165) is 28.8 Å². The minimum Gasteiger partial charge on any atom is -0.299 e. The third-order valence-corrected chi connectivity index (χ3v) is 4.57. The van der Waals surface area contributed by atoms with E-state index in [1.165, 1.54) is 25.7 Å². The number of ketones is 1. The molecule has 2 rings (SSSR count). The van der Waals surface area contributed by atoms with Gasteiger partial charge in [0.25, 0.3) is 0 Å². The van der Waals surface area contributed by atoms with Crippen LogP contribution < -0.4 is 0 Å². The Morgan fingerprint density at radius 3 is 2.68 bits per heavy atom. The van der Waals surface area contributed by atoms with Gasteiger partial charge in [-0.05, 0) is 59.2 Å². The Hall–Kier alpha value is -0.700. The quantitative estimate of drug-likeness (QED) is 0.794. The molecular formula is C16H22BrNO. The third-order valence-electron chi connectivity index (χ3n) is 4.14. The van der Waals surface area contributed by atoms with E-state index in [1.807, 2.05) is 6.07 Å². The minimum atomic E-state index is 0.284. The predicted molar refractivity (Wildman–Crippen MR) is 81.0 cm³/mol. The molecule has 0 unspecified atom stereocenters. The number of Topliss-reactive ketones (excluding diaryl/α,β-unsaturated/α-hetero) is 1. The van der Waals surface area contributed by atoms with Crippen molar-refractivity contribution in [2.75, 3.05) is 0 Å². The topological polar surface area (TPSA) is 30.0 Å². The molecule has 0 N–H and O–H groups in total. The van der Waals surface area contributed by atoms with Crippen molar-refractivity contribution in [1.29, 1.82) is 0 Å². The number of nitrogens with zero attached hydrogens (tertiary/aromatic N) is 1. The van der Waals surface area contributed by atoms with E-state index in [0.29, 0.717) is 12.2 Å². The second-order valence-corrected chi connectivity index (χ2v) is 6.58. The summed E-state index contributed by atoms with van der Waals surface area (Å²) in [6, 6.07) is 1.99. The van der Waals surface area contributed by atoms with Crippen LogP contribution in [-0.2, 0) is 11.2 Å². The molecule has 1 aromatic heterocycles. The Morgan fingerprint density at radius 1 is 1.32 bits per heavy atom. The highest BCUT2D eigenvalue weighted by atomic mass is 79.9. The monoisotopic (exact) mass is 323 g/mol. The van der Waals surface area contributed by atoms with Crippen LogP contribution in [0.3, 0.4) is 0 Å². The number of carbonyl (C=O) groups is 1. The summed E-state index contributed by atoms with van der Waals surface area (Å²) in [7, 11) is 0. The van der Waals surface area contributed by atoms with Crippen molar-refractivity contribution in [3.05, 3.63) is 28.5 Å². The highest BCUT2D eigenvalue weighted by molar-refractivity contribution is 9.10. The lowest BCUT2D eigenvalue weighted by atomic mass is 9.77. The minimum absolute atomic E-state index is 0.284. The van der Waals surface area contributed by atoms with Crippen LogP contribution in [0.2, 0.25) is 0 Å². The normalized spacial score (nSPS) is 23.3. The summed E-state index contributed by atoms with van der Waals surface area (Å²) in [6.45, 7) is 2.25. The van der Waals surface area contributed by atoms with Gasteiger partial charge in [0.15, 0.2) is 0 Å². The van der Waals surface area contributed by atoms with Gasteiger partial charge in [0.05, 0.1) is 0 Å². The first-order valence-corrected chi connectivity index (χ1v) is 8.10. The Bertz CT molecular complexity index is 425. The standard InChI is InChI=1S/C16H22BrNO/c1-2-3-12-4-6-14(7-5-12)16(19)9-13-8-15(17)11-18-10-13/h8,10-12,14H,2-7,9H2,1H3. The zero-order valence-electron chi connectivity index (χ0n) is 11.6. The summed E-state index contributed by atoms with van der Waals surface area (Å²) in [5.74, 6) is 1.54. The van der Waals surface area contributed by atoms with E-state index in [4.69, 9.17) is 0 Å². The van der Waals surface area contributed by atoms with Crippen LogP contribution in [0.5, 0.6) is 0 Å². The number of carbonyl (C=O) groups excluding carboxylic acids is 1. The van der Waals surface area contributed by atoms with Crippen molar-refractivity contribution in [2.45, 2.75) is 51.9 Å². The fraction of sp³-hybridized carbons (Fsp3) is 0.625. The number of halogens is 1. The molecule has 0 aromatic carbocycles. The van der Waals surface area contributed by atoms with Gasteiger partial charge in [0.2, 0.25) is 0 Å². The predicted octanol–water partition coefficient (Wildman–Crippen LogP) is 4.56. The van der Waals surface area contributed by atoms with Crippen LogP contribution in [0.25, 0.3) is 0 Å². The zero-order chi connectivity index (χ0) is 13.7. The third kappa shape index (κ3) is 4.41. The zero-order valence-corrected chi connectivity index (χ0v) is 13.2. The molecule has 2 nitrogen and oxygen atoms in total. The van der Waals surface area contributed by atoms with Crippen LogP contribution in [-0.4, -0.2) is 10.8 Å². The van der Waals surface area contributed by atoms with Gasteiger partial charge in [0.1, 0.15) is 5.78 Å². The summed E-state index contributed by atoms with van der Waals surface area (Å²) >= 11 is 3.40. The van der Waals surface area contributed by atoms with E-state index < -0.39 is 0 Å². The smallest absolute Gasteiger partial charge is 0.140 e. The van der Waals surface area contributed by atoms with Crippen LogP contribution >= 0.6 is 15.9 Å². The molecule has 1 heterocycles. The molecule has 104 valence electrons. The molecule has 0 aliphatic heterocycles. The lowest BCUT2D eigenvalue weighted by Gasteiger charge is -2.27. The summed E-state index contributed by atoms with van der Waals surface area (Å²) in [5, 5.41) is 0. The van der Waals surface area contributed by atoms with Crippen molar-refractivity contribution < 1.29 is 4.79 Å². The summed E-state index contributed by atoms with van der Waals surface area (Å²) in [5.41, 5.74) is 1.02. The maximum absolute atomic E-state index is 12.3. The molecule has 19 heavy (non-hydrogen) atoms. The Morgan fingerprint density at radius 2 is 2.05 bits per heavy atom. The van der Waals surface area contributed by atoms with E-state index in [9.17, 15) is 4.79 Å². The number of hydrogen-bond donors (Lipinski definition) is 0. The summed E-state index contributed by atoms with van der Waals surface area (Å²) in [4.78, 5) is 16.4. The summed E-state index contributed by atoms with van der Waals surface area (Å²) < 4.78 is 0.949. The van der Waals surface area contributed by atoms with Crippen molar-refractivity contribution in [3.8, 4) is 0 Å². The molecule has 1 fully saturated rings. The average Bonchev–Trinajstić information content (AvgIpc) is 2.40. The molecule has 1 aromatic rings. The number of aromatic nitrogens is 1. The van der Waals surface area contributed by atoms with Crippen molar-refractivity contribution >= 4 is 21.7 Å². The molecule has 1 saturated carbocycles. The van der Waals surface area contributed by atoms with Crippen molar-refractivity contribution in [2.24, 2.45) is 11.8 Å². The van der Waals surface area contributed by atoms with Gasteiger partial charge in [-0.2, -0.15) is 0 Å². The number of pyridine rings is 1. The van der Waals surface area contributed by atoms with Gasteiger partial charge in [-0.1, -0.05) is 19.8 Å². The van der Waals surface area contributed by atoms with E-state index >= 15 is 0 Å². The molecule has 0 saturated heterocycles. The molecule has 3 heteroatoms. The van der Waals surface area contributed by atoms with Gasteiger partial charge in [-0.15, -0.1) is 0 Å². The molecule has 0 amide bonds. The van der Waals surface area contributed by atoms with E-state index in [2.05, 4.69) is 27.8 Å². The van der Waals surface area contributed by atoms with E-state index in [-0.39, 0.29) is 5.92 Å². The molecule has 1 aliphatic carbocycles. The van der Waals surface area contributed by atoms with Gasteiger partial charge < -0.3 is 0 Å². The van der Waals surface area contributed by atoms with Crippen LogP contribution in [0.1, 0.15) is 51.0 Å². The second-order valence-electron chi connectivity index (χ2n) is 5.66. The Balaban J connectivity index is 1.84. The highest BCUT2D eigenvalue weighted by Gasteiger charge is 2.25. The van der Waals surface area contributed by atoms with Gasteiger partial charge in [-0.3, -0.25) is 9.78 Å². The van der Waals surface area contributed by atoms with Crippen LogP contribution in [0.4, 0.5) is 0 Å². The van der Waals surface area contributed by atoms with Gasteiger partial charge in [-0.25, -0.2) is 0 Å². The van der Waals surface area contributed by atoms with Crippen LogP contribution in [0, 0.1) is 11.8 Å². The van der Waals surface area contributed by atoms with Crippen molar-refractivity contribution in [3.63, 3.8) is 0 Å². The number of rotatable bonds is 5. The Labute approximate surface area is 124 Å². The SMILES string of the molecule is CCCC1CCC(C(=O)Cc2cncc(Br)c2)CC1. The van der Waals surface area contributed by atoms with Crippen LogP contribution in [0.15, 0.2) is 22.9 Å². The first kappa shape index (κ1) is 14.7. The first-order valence-electron chi connectivity index (χ1n) is 7.31. The largest absolute Gasteiger partial charge is 0.299 e. The van der Waals surface area contributed by atoms with Crippen molar-refractivity contribution in [1.82, 2.24) is 4.98 Å². The molecule has 1 aliphatic rings. The fourth-order valence-corrected chi connectivity index (χ4v) is 3.49. The fourth-order valence-electron chi connectivity index (χ4n) is 3.08. The maximum atomic E-state index is 12.3. The Kier molecular flexibility index (Phi) is 5.56. The lowest BCUT2D eigenvalue weighted by Crippen LogP contribution is -2.23. The second kappa shape index (κ2) is 7.18. The maximum Gasteiger partial charge on any atom is 0.140 e. The molecule has 0 radical (unpaired) electrons. The molecular weight excluding hydrogens is 302 g/mol. The highest BCUT2D eigenvalue weighted by Crippen LogP contribution is 2.32. The van der Waals surface area contributed by atoms with E-state index in [1.54, 1.807) is 12.4 Å². The number of hydrogen-bond acceptors (Lipinski definition) is 2. The lowest BCUT2D eigenvalue weighted by molar-refractivity contribution is -0.123. The first-order chi connectivity index (χ1) is 9.19.